The molecule has 0 unspecified atom stereocenters. The van der Waals surface area contributed by atoms with Gasteiger partial charge in [-0.1, -0.05) is 19.1 Å². The SMILES string of the molecule is CCc1nn2c(-c3c(C)cc(C)cc3OC)ccc(C)c2c1N(C1CC1)C1CC1. The van der Waals surface area contributed by atoms with Gasteiger partial charge in [-0.3, -0.25) is 0 Å². The second kappa shape index (κ2) is 6.79. The number of pyridine rings is 1. The van der Waals surface area contributed by atoms with Crippen molar-refractivity contribution < 1.29 is 4.74 Å². The predicted octanol–water partition coefficient (Wildman–Crippen LogP) is 5.63. The fraction of sp³-hybridized carbons (Fsp3) is 0.480. The fourth-order valence-electron chi connectivity index (χ4n) is 4.82. The topological polar surface area (TPSA) is 29.8 Å². The second-order valence-corrected chi connectivity index (χ2v) is 8.84. The van der Waals surface area contributed by atoms with Gasteiger partial charge in [0.25, 0.3) is 0 Å². The summed E-state index contributed by atoms with van der Waals surface area (Å²) in [6, 6.07) is 10.2. The molecular weight excluding hydrogens is 358 g/mol. The molecule has 0 atom stereocenters. The summed E-state index contributed by atoms with van der Waals surface area (Å²) in [7, 11) is 1.76. The van der Waals surface area contributed by atoms with E-state index in [-0.39, 0.29) is 0 Å². The first-order chi connectivity index (χ1) is 14.0. The second-order valence-electron chi connectivity index (χ2n) is 8.84. The van der Waals surface area contributed by atoms with Crippen molar-refractivity contribution in [3.63, 3.8) is 0 Å². The molecule has 29 heavy (non-hydrogen) atoms. The number of aryl methyl sites for hydroxylation is 4. The Morgan fingerprint density at radius 1 is 1.03 bits per heavy atom. The lowest BCUT2D eigenvalue weighted by molar-refractivity contribution is 0.415. The highest BCUT2D eigenvalue weighted by molar-refractivity contribution is 5.84. The zero-order valence-corrected chi connectivity index (χ0v) is 18.2. The zero-order valence-electron chi connectivity index (χ0n) is 18.2. The number of benzene rings is 1. The van der Waals surface area contributed by atoms with Crippen molar-refractivity contribution in [1.29, 1.82) is 0 Å². The number of anilines is 1. The van der Waals surface area contributed by atoms with Crippen LogP contribution in [0.15, 0.2) is 24.3 Å². The molecule has 0 bridgehead atoms. The molecule has 5 rings (SSSR count). The summed E-state index contributed by atoms with van der Waals surface area (Å²) in [4.78, 5) is 2.72. The van der Waals surface area contributed by atoms with Crippen molar-refractivity contribution in [3.8, 4) is 17.0 Å². The summed E-state index contributed by atoms with van der Waals surface area (Å²) in [5.41, 5.74) is 9.89. The van der Waals surface area contributed by atoms with Crippen molar-refractivity contribution in [3.05, 3.63) is 46.6 Å². The normalized spacial score (nSPS) is 16.4. The maximum atomic E-state index is 5.80. The van der Waals surface area contributed by atoms with Crippen LogP contribution in [-0.2, 0) is 6.42 Å². The van der Waals surface area contributed by atoms with Crippen LogP contribution in [0.2, 0.25) is 0 Å². The molecule has 4 heteroatoms. The molecule has 0 amide bonds. The summed E-state index contributed by atoms with van der Waals surface area (Å²) in [5.74, 6) is 0.920. The molecule has 0 aliphatic heterocycles. The van der Waals surface area contributed by atoms with Gasteiger partial charge in [0, 0.05) is 17.6 Å². The van der Waals surface area contributed by atoms with E-state index in [1.807, 2.05) is 0 Å². The molecular formula is C25H31N3O. The van der Waals surface area contributed by atoms with Crippen LogP contribution in [-0.4, -0.2) is 28.8 Å². The fourth-order valence-corrected chi connectivity index (χ4v) is 4.82. The van der Waals surface area contributed by atoms with Crippen LogP contribution >= 0.6 is 0 Å². The summed E-state index contributed by atoms with van der Waals surface area (Å²) in [6.07, 6.45) is 6.23. The summed E-state index contributed by atoms with van der Waals surface area (Å²) in [6.45, 7) is 8.74. The van der Waals surface area contributed by atoms with E-state index in [0.717, 1.165) is 23.4 Å². The largest absolute Gasteiger partial charge is 0.496 e. The van der Waals surface area contributed by atoms with E-state index in [9.17, 15) is 0 Å². The average molecular weight is 390 g/mol. The number of nitrogens with zero attached hydrogens (tertiary/aromatic N) is 3. The van der Waals surface area contributed by atoms with Crippen LogP contribution in [0.3, 0.4) is 0 Å². The quantitative estimate of drug-likeness (QED) is 0.547. The lowest BCUT2D eigenvalue weighted by Crippen LogP contribution is -2.28. The monoisotopic (exact) mass is 389 g/mol. The lowest BCUT2D eigenvalue weighted by Gasteiger charge is -2.25. The molecule has 2 heterocycles. The van der Waals surface area contributed by atoms with Gasteiger partial charge in [0.2, 0.25) is 0 Å². The smallest absolute Gasteiger partial charge is 0.128 e. The van der Waals surface area contributed by atoms with Crippen molar-refractivity contribution in [1.82, 2.24) is 9.61 Å². The minimum absolute atomic E-state index is 0.708. The van der Waals surface area contributed by atoms with Crippen LogP contribution < -0.4 is 9.64 Å². The average Bonchev–Trinajstić information content (AvgIpc) is 3.61. The molecule has 0 spiro atoms. The number of hydrogen-bond acceptors (Lipinski definition) is 3. The van der Waals surface area contributed by atoms with Gasteiger partial charge >= 0.3 is 0 Å². The van der Waals surface area contributed by atoms with Crippen molar-refractivity contribution in [2.45, 2.75) is 71.9 Å². The Kier molecular flexibility index (Phi) is 4.34. The molecule has 2 fully saturated rings. The maximum Gasteiger partial charge on any atom is 0.128 e. The van der Waals surface area contributed by atoms with E-state index < -0.39 is 0 Å². The number of fused-ring (bicyclic) bond motifs is 1. The van der Waals surface area contributed by atoms with E-state index >= 15 is 0 Å². The number of rotatable bonds is 6. The molecule has 2 aliphatic carbocycles. The standard InChI is InChI=1S/C25H31N3O/c1-6-20-25(27(18-8-9-18)19-10-11-19)24-16(3)7-12-21(28(24)26-20)23-17(4)13-15(2)14-22(23)29-5/h7,12-14,18-19H,6,8-11H2,1-5H3. The first kappa shape index (κ1) is 18.5. The molecule has 4 nitrogen and oxygen atoms in total. The van der Waals surface area contributed by atoms with E-state index in [0.29, 0.717) is 12.1 Å². The van der Waals surface area contributed by atoms with E-state index in [4.69, 9.17) is 9.84 Å². The van der Waals surface area contributed by atoms with Crippen LogP contribution in [0.4, 0.5) is 5.69 Å². The Morgan fingerprint density at radius 3 is 2.31 bits per heavy atom. The van der Waals surface area contributed by atoms with Gasteiger partial charge in [-0.25, -0.2) is 4.52 Å². The van der Waals surface area contributed by atoms with E-state index in [2.05, 4.69) is 61.4 Å². The van der Waals surface area contributed by atoms with Gasteiger partial charge in [0.15, 0.2) is 0 Å². The van der Waals surface area contributed by atoms with Crippen LogP contribution in [0.5, 0.6) is 5.75 Å². The minimum Gasteiger partial charge on any atom is -0.496 e. The van der Waals surface area contributed by atoms with Crippen molar-refractivity contribution in [2.24, 2.45) is 0 Å². The highest BCUT2D eigenvalue weighted by Gasteiger charge is 2.41. The van der Waals surface area contributed by atoms with Gasteiger partial charge in [0.1, 0.15) is 5.75 Å². The molecule has 0 N–H and O–H groups in total. The zero-order chi connectivity index (χ0) is 20.3. The first-order valence-corrected chi connectivity index (χ1v) is 11.0. The third kappa shape index (κ3) is 3.00. The van der Waals surface area contributed by atoms with Crippen LogP contribution in [0.1, 0.15) is 55.0 Å². The maximum absolute atomic E-state index is 5.80. The summed E-state index contributed by atoms with van der Waals surface area (Å²) < 4.78 is 7.99. The lowest BCUT2D eigenvalue weighted by atomic mass is 10.00. The van der Waals surface area contributed by atoms with E-state index in [1.165, 1.54) is 59.3 Å². The summed E-state index contributed by atoms with van der Waals surface area (Å²) in [5, 5.41) is 5.17. The molecule has 2 aliphatic rings. The third-order valence-electron chi connectivity index (χ3n) is 6.42. The third-order valence-corrected chi connectivity index (χ3v) is 6.42. The Morgan fingerprint density at radius 2 is 1.72 bits per heavy atom. The Labute approximate surface area is 173 Å². The van der Waals surface area contributed by atoms with E-state index in [1.54, 1.807) is 7.11 Å². The Hall–Kier alpha value is -2.49. The number of ether oxygens (including phenoxy) is 1. The van der Waals surface area contributed by atoms with Crippen LogP contribution in [0.25, 0.3) is 16.8 Å². The number of methoxy groups -OCH3 is 1. The highest BCUT2D eigenvalue weighted by atomic mass is 16.5. The molecule has 3 aromatic rings. The van der Waals surface area contributed by atoms with Gasteiger partial charge < -0.3 is 9.64 Å². The number of hydrogen-bond donors (Lipinski definition) is 0. The number of aromatic nitrogens is 2. The van der Waals surface area contributed by atoms with Gasteiger partial charge in [-0.15, -0.1) is 0 Å². The Bertz CT molecular complexity index is 1080. The molecule has 152 valence electrons. The molecule has 2 saturated carbocycles. The molecule has 0 radical (unpaired) electrons. The minimum atomic E-state index is 0.708. The molecule has 0 saturated heterocycles. The van der Waals surface area contributed by atoms with Crippen LogP contribution in [0, 0.1) is 20.8 Å². The van der Waals surface area contributed by atoms with Gasteiger partial charge in [0.05, 0.1) is 29.7 Å². The highest BCUT2D eigenvalue weighted by Crippen LogP contribution is 2.46. The molecule has 2 aromatic heterocycles. The predicted molar refractivity (Wildman–Crippen MR) is 119 cm³/mol. The Balaban J connectivity index is 1.79. The van der Waals surface area contributed by atoms with Gasteiger partial charge in [-0.2, -0.15) is 5.10 Å². The van der Waals surface area contributed by atoms with Gasteiger partial charge in [-0.05, 0) is 81.7 Å². The van der Waals surface area contributed by atoms with Crippen molar-refractivity contribution >= 4 is 11.2 Å². The molecule has 1 aromatic carbocycles. The first-order valence-electron chi connectivity index (χ1n) is 11.0. The summed E-state index contributed by atoms with van der Waals surface area (Å²) >= 11 is 0. The van der Waals surface area contributed by atoms with Crippen molar-refractivity contribution in [2.75, 3.05) is 12.0 Å².